The van der Waals surface area contributed by atoms with Crippen molar-refractivity contribution in [2.45, 2.75) is 4.32 Å². The molecule has 2 rings (SSSR count). The predicted molar refractivity (Wildman–Crippen MR) is 153 cm³/mol. The molecule has 0 bridgehead atoms. The number of rotatable bonds is 3. The summed E-state index contributed by atoms with van der Waals surface area (Å²) in [4.78, 5) is 0. The highest BCUT2D eigenvalue weighted by molar-refractivity contribution is 9.16. The van der Waals surface area contributed by atoms with Gasteiger partial charge in [0.2, 0.25) is 0 Å². The lowest BCUT2D eigenvalue weighted by Gasteiger charge is -2.33. The van der Waals surface area contributed by atoms with Crippen LogP contribution in [0, 0.1) is 0 Å². The molecule has 12 heteroatoms. The maximum Gasteiger partial charge on any atom is 0.0896 e. The summed E-state index contributed by atoms with van der Waals surface area (Å²) in [5, 5.41) is 0.607. The Hall–Kier alpha value is 4.20. The fraction of sp³-hybridized carbons (Fsp3) is 0.143. The highest BCUT2D eigenvalue weighted by Gasteiger charge is 2.41. The number of benzene rings is 2. The molecule has 26 heavy (non-hydrogen) atoms. The molecule has 142 valence electrons. The van der Waals surface area contributed by atoms with E-state index in [0.29, 0.717) is 5.33 Å². The third-order valence-electron chi connectivity index (χ3n) is 3.40. The highest BCUT2D eigenvalue weighted by atomic mass is 79.9. The molecule has 0 heterocycles. The van der Waals surface area contributed by atoms with Crippen molar-refractivity contribution in [2.75, 3.05) is 5.33 Å². The molecule has 0 radical (unpaired) electrons. The van der Waals surface area contributed by atoms with E-state index in [4.69, 9.17) is 0 Å². The summed E-state index contributed by atoms with van der Waals surface area (Å²) in [5.74, 6) is 0. The molecule has 2 aromatic carbocycles. The van der Waals surface area contributed by atoms with Crippen LogP contribution in [0.15, 0.2) is 44.7 Å². The lowest BCUT2D eigenvalue weighted by Crippen LogP contribution is -2.25. The fourth-order valence-corrected chi connectivity index (χ4v) is 12.0. The summed E-state index contributed by atoms with van der Waals surface area (Å²) in [7, 11) is 0. The second kappa shape index (κ2) is 10.4. The topological polar surface area (TPSA) is 0 Å². The van der Waals surface area contributed by atoms with Gasteiger partial charge in [0.15, 0.2) is 0 Å². The molecule has 0 saturated heterocycles. The molecule has 0 aliphatic heterocycles. The molecule has 2 aromatic rings. The zero-order valence-electron chi connectivity index (χ0n) is 11.7. The van der Waals surface area contributed by atoms with E-state index in [-0.39, 0.29) is 0 Å². The van der Waals surface area contributed by atoms with Crippen molar-refractivity contribution in [2.24, 2.45) is 0 Å². The summed E-state index contributed by atoms with van der Waals surface area (Å²) in [5.41, 5.74) is 2.03. The van der Waals surface area contributed by atoms with Crippen LogP contribution in [0.25, 0.3) is 0 Å². The Morgan fingerprint density at radius 2 is 0.615 bits per heavy atom. The van der Waals surface area contributed by atoms with Crippen LogP contribution in [-0.2, 0) is 4.32 Å². The summed E-state index contributed by atoms with van der Waals surface area (Å²) >= 11 is 44.5. The van der Waals surface area contributed by atoms with Gasteiger partial charge in [0.1, 0.15) is 0 Å². The van der Waals surface area contributed by atoms with Crippen molar-refractivity contribution in [3.63, 3.8) is 0 Å². The van der Waals surface area contributed by atoms with Gasteiger partial charge in [-0.25, -0.2) is 0 Å². The Kier molecular flexibility index (Phi) is 10.6. The first-order chi connectivity index (χ1) is 11.9. The Morgan fingerprint density at radius 3 is 0.808 bits per heavy atom. The zero-order chi connectivity index (χ0) is 20.1. The lowest BCUT2D eigenvalue weighted by atomic mass is 9.93. The molecule has 0 amide bonds. The van der Waals surface area contributed by atoms with Gasteiger partial charge < -0.3 is 0 Å². The summed E-state index contributed by atoms with van der Waals surface area (Å²) in [6.07, 6.45) is 0. The first-order valence-corrected chi connectivity index (χ1v) is 16.0. The van der Waals surface area contributed by atoms with E-state index in [0.717, 1.165) is 55.9 Å². The first-order valence-electron chi connectivity index (χ1n) is 6.20. The van der Waals surface area contributed by atoms with Gasteiger partial charge in [-0.2, -0.15) is 0 Å². The predicted octanol–water partition coefficient (Wildman–Crippen LogP) is 12.3. The summed E-state index contributed by atoms with van der Waals surface area (Å²) < 4.78 is 8.58. The van der Waals surface area contributed by atoms with Crippen molar-refractivity contribution in [1.82, 2.24) is 0 Å². The van der Waals surface area contributed by atoms with Gasteiger partial charge in [-0.15, -0.1) is 0 Å². The average molecular weight is 1130 g/mol. The molecular weight excluding hydrogens is 1130 g/mol. The largest absolute Gasteiger partial charge is 0.0905 e. The number of halogens is 12. The van der Waals surface area contributed by atoms with Crippen LogP contribution < -0.4 is 0 Å². The molecule has 0 N–H and O–H groups in total. The van der Waals surface area contributed by atoms with E-state index in [1.807, 2.05) is 0 Å². The molecule has 0 fully saturated rings. The van der Waals surface area contributed by atoms with Gasteiger partial charge in [-0.05, 0) is 159 Å². The molecule has 0 aromatic heterocycles. The van der Waals surface area contributed by atoms with Crippen molar-refractivity contribution in [3.05, 3.63) is 55.9 Å². The second-order valence-electron chi connectivity index (χ2n) is 4.82. The highest BCUT2D eigenvalue weighted by Crippen LogP contribution is 2.58. The summed E-state index contributed by atoms with van der Waals surface area (Å²) in [6.45, 7) is 0. The quantitative estimate of drug-likeness (QED) is 0.163. The van der Waals surface area contributed by atoms with Crippen molar-refractivity contribution < 1.29 is 0 Å². The Balaban J connectivity index is 3.03. The maximum atomic E-state index is 4.01. The minimum atomic E-state index is -0.584. The molecule has 0 saturated carbocycles. The van der Waals surface area contributed by atoms with Gasteiger partial charge in [-0.1, -0.05) is 31.9 Å². The van der Waals surface area contributed by atoms with E-state index in [1.165, 1.54) is 0 Å². The minimum absolute atomic E-state index is 0.584. The van der Waals surface area contributed by atoms with Crippen LogP contribution in [0.1, 0.15) is 11.1 Å². The summed E-state index contributed by atoms with van der Waals surface area (Å²) in [6, 6.07) is 0. The van der Waals surface area contributed by atoms with Crippen LogP contribution in [0.2, 0.25) is 0 Å². The van der Waals surface area contributed by atoms with Crippen molar-refractivity contribution in [3.8, 4) is 0 Å². The third-order valence-corrected chi connectivity index (χ3v) is 18.2. The maximum absolute atomic E-state index is 4.01. The fourth-order valence-electron chi connectivity index (χ4n) is 2.16. The third kappa shape index (κ3) is 4.62. The van der Waals surface area contributed by atoms with E-state index < -0.39 is 4.32 Å². The van der Waals surface area contributed by atoms with Crippen LogP contribution in [-0.4, -0.2) is 5.33 Å². The smallest absolute Gasteiger partial charge is 0.0896 e. The van der Waals surface area contributed by atoms with Crippen LogP contribution in [0.4, 0.5) is 0 Å². The number of hydrogen-bond acceptors (Lipinski definition) is 0. The van der Waals surface area contributed by atoms with Crippen LogP contribution in [0.5, 0.6) is 0 Å². The van der Waals surface area contributed by atoms with Crippen molar-refractivity contribution in [1.29, 1.82) is 0 Å². The molecular formula is C14H2Br12. The van der Waals surface area contributed by atoms with Gasteiger partial charge in [-0.3, -0.25) is 0 Å². The SMILES string of the molecule is BrCC(Br)(c1c(Br)c(Br)c(Br)c(Br)c1Br)c1c(Br)c(Br)c(Br)c(Br)c1Br. The zero-order valence-corrected chi connectivity index (χ0v) is 30.8. The van der Waals surface area contributed by atoms with E-state index in [1.54, 1.807) is 0 Å². The molecule has 0 unspecified atom stereocenters. The molecule has 0 aliphatic rings. The van der Waals surface area contributed by atoms with Gasteiger partial charge >= 0.3 is 0 Å². The lowest BCUT2D eigenvalue weighted by molar-refractivity contribution is 0.849. The van der Waals surface area contributed by atoms with Crippen molar-refractivity contribution >= 4 is 191 Å². The van der Waals surface area contributed by atoms with Crippen LogP contribution >= 0.6 is 191 Å². The normalized spacial score (nSPS) is 12.0. The van der Waals surface area contributed by atoms with E-state index in [9.17, 15) is 0 Å². The van der Waals surface area contributed by atoms with Gasteiger partial charge in [0.25, 0.3) is 0 Å². The molecule has 0 aliphatic carbocycles. The minimum Gasteiger partial charge on any atom is -0.0905 e. The molecule has 0 atom stereocenters. The standard InChI is InChI=1S/C14H2Br12/c15-1-14(26,2-4(16)8(20)12(24)9(21)5(2)17)3-6(18)10(22)13(25)11(23)7(3)19/h1H2. The Bertz CT molecular complexity index is 776. The van der Waals surface area contributed by atoms with Gasteiger partial charge in [0.05, 0.1) is 4.32 Å². The second-order valence-corrected chi connectivity index (χ2v) is 14.7. The number of alkyl halides is 2. The monoisotopic (exact) mass is 1120 g/mol. The molecule has 0 nitrogen and oxygen atoms in total. The Labute approximate surface area is 252 Å². The number of hydrogen-bond donors (Lipinski definition) is 0. The Morgan fingerprint density at radius 1 is 0.423 bits per heavy atom. The van der Waals surface area contributed by atoms with E-state index >= 15 is 0 Å². The first kappa shape index (κ1) is 26.5. The average Bonchev–Trinajstić information content (AvgIpc) is 2.61. The van der Waals surface area contributed by atoms with Crippen LogP contribution in [0.3, 0.4) is 0 Å². The molecule has 0 spiro atoms. The van der Waals surface area contributed by atoms with Gasteiger partial charge in [0, 0.05) is 61.2 Å². The van der Waals surface area contributed by atoms with E-state index in [2.05, 4.69) is 191 Å².